The van der Waals surface area contributed by atoms with Gasteiger partial charge in [0.15, 0.2) is 0 Å². The standard InChI is InChI=1S/C23H29N3O2S/c1-17-3-6-20(7-4-17)29(27,28)26-13-11-25(12-14-26)19-5-8-21-18-9-10-24(2)23(15-18)22(21)16-19/h3-8,16,18,23H,9-15H2,1-2H3/t18?,23-/m1/s1. The summed E-state index contributed by atoms with van der Waals surface area (Å²) in [5, 5.41) is 0. The lowest BCUT2D eigenvalue weighted by Crippen LogP contribution is -2.48. The molecule has 2 atom stereocenters. The summed E-state index contributed by atoms with van der Waals surface area (Å²) < 4.78 is 27.5. The second-order valence-electron chi connectivity index (χ2n) is 8.74. The molecule has 3 aliphatic rings. The molecular formula is C23H29N3O2S. The van der Waals surface area contributed by atoms with Crippen molar-refractivity contribution >= 4 is 15.7 Å². The van der Waals surface area contributed by atoms with E-state index in [0.29, 0.717) is 24.0 Å². The summed E-state index contributed by atoms with van der Waals surface area (Å²) in [5.41, 5.74) is 5.32. The van der Waals surface area contributed by atoms with Gasteiger partial charge in [-0.1, -0.05) is 23.8 Å². The van der Waals surface area contributed by atoms with Crippen LogP contribution in [0.25, 0.3) is 0 Å². The van der Waals surface area contributed by atoms with Crippen LogP contribution in [0.5, 0.6) is 0 Å². The highest BCUT2D eigenvalue weighted by Gasteiger charge is 2.37. The van der Waals surface area contributed by atoms with Gasteiger partial charge in [-0.05, 0) is 74.7 Å². The van der Waals surface area contributed by atoms with E-state index >= 15 is 0 Å². The molecule has 0 N–H and O–H groups in total. The van der Waals surface area contributed by atoms with E-state index in [-0.39, 0.29) is 0 Å². The number of piperidine rings is 1. The van der Waals surface area contributed by atoms with Gasteiger partial charge in [0.2, 0.25) is 10.0 Å². The van der Waals surface area contributed by atoms with Gasteiger partial charge in [-0.3, -0.25) is 4.90 Å². The van der Waals surface area contributed by atoms with Crippen molar-refractivity contribution in [1.82, 2.24) is 9.21 Å². The molecule has 6 heteroatoms. The molecule has 0 aromatic heterocycles. The number of nitrogens with zero attached hydrogens (tertiary/aromatic N) is 3. The van der Waals surface area contributed by atoms with Crippen molar-refractivity contribution in [2.75, 3.05) is 44.7 Å². The Morgan fingerprint density at radius 2 is 1.62 bits per heavy atom. The first-order chi connectivity index (χ1) is 13.9. The fourth-order valence-corrected chi connectivity index (χ4v) is 6.62. The fourth-order valence-electron chi connectivity index (χ4n) is 5.19. The molecule has 2 aromatic rings. The van der Waals surface area contributed by atoms with E-state index in [9.17, 15) is 8.42 Å². The lowest BCUT2D eigenvalue weighted by atomic mass is 9.96. The number of anilines is 1. The molecular weight excluding hydrogens is 382 g/mol. The van der Waals surface area contributed by atoms with Crippen molar-refractivity contribution in [3.05, 3.63) is 59.2 Å². The molecule has 1 unspecified atom stereocenters. The third-order valence-corrected chi connectivity index (χ3v) is 8.91. The van der Waals surface area contributed by atoms with Crippen LogP contribution < -0.4 is 4.90 Å². The number of rotatable bonds is 3. The van der Waals surface area contributed by atoms with Crippen LogP contribution >= 0.6 is 0 Å². The van der Waals surface area contributed by atoms with E-state index in [0.717, 1.165) is 24.6 Å². The Bertz CT molecular complexity index is 1010. The number of fused-ring (bicyclic) bond motifs is 5. The van der Waals surface area contributed by atoms with Gasteiger partial charge < -0.3 is 4.90 Å². The van der Waals surface area contributed by atoms with Gasteiger partial charge in [0.1, 0.15) is 0 Å². The van der Waals surface area contributed by atoms with Gasteiger partial charge in [0, 0.05) is 37.9 Å². The highest BCUT2D eigenvalue weighted by molar-refractivity contribution is 7.89. The molecule has 1 aliphatic carbocycles. The minimum Gasteiger partial charge on any atom is -0.369 e. The van der Waals surface area contributed by atoms with E-state index in [2.05, 4.69) is 35.0 Å². The number of likely N-dealkylation sites (tertiary alicyclic amines) is 1. The monoisotopic (exact) mass is 411 g/mol. The van der Waals surface area contributed by atoms with Crippen molar-refractivity contribution in [3.8, 4) is 0 Å². The van der Waals surface area contributed by atoms with E-state index in [4.69, 9.17) is 0 Å². The van der Waals surface area contributed by atoms with Crippen LogP contribution in [-0.2, 0) is 10.0 Å². The lowest BCUT2D eigenvalue weighted by Gasteiger charge is -2.36. The predicted octanol–water partition coefficient (Wildman–Crippen LogP) is 3.37. The normalized spacial score (nSPS) is 25.2. The van der Waals surface area contributed by atoms with Crippen molar-refractivity contribution in [1.29, 1.82) is 0 Å². The minimum absolute atomic E-state index is 0.393. The Morgan fingerprint density at radius 1 is 0.897 bits per heavy atom. The summed E-state index contributed by atoms with van der Waals surface area (Å²) in [6, 6.07) is 14.6. The first kappa shape index (κ1) is 19.1. The topological polar surface area (TPSA) is 43.9 Å². The molecule has 5 nitrogen and oxygen atoms in total. The maximum Gasteiger partial charge on any atom is 0.243 e. The average Bonchev–Trinajstić information content (AvgIpc) is 3.04. The molecule has 2 bridgehead atoms. The van der Waals surface area contributed by atoms with Gasteiger partial charge >= 0.3 is 0 Å². The summed E-state index contributed by atoms with van der Waals surface area (Å²) in [6.45, 7) is 5.66. The lowest BCUT2D eigenvalue weighted by molar-refractivity contribution is 0.192. The number of aryl methyl sites for hydroxylation is 1. The smallest absolute Gasteiger partial charge is 0.243 e. The third-order valence-electron chi connectivity index (χ3n) is 7.00. The van der Waals surface area contributed by atoms with Crippen LogP contribution in [0.15, 0.2) is 47.4 Å². The maximum absolute atomic E-state index is 13.0. The number of piperazine rings is 1. The molecule has 2 aromatic carbocycles. The van der Waals surface area contributed by atoms with Crippen molar-refractivity contribution < 1.29 is 8.42 Å². The number of benzene rings is 2. The number of sulfonamides is 1. The largest absolute Gasteiger partial charge is 0.369 e. The second kappa shape index (κ2) is 7.11. The number of hydrogen-bond acceptors (Lipinski definition) is 4. The van der Waals surface area contributed by atoms with E-state index in [1.807, 2.05) is 19.1 Å². The van der Waals surface area contributed by atoms with E-state index in [1.54, 1.807) is 16.4 Å². The molecule has 0 radical (unpaired) electrons. The van der Waals surface area contributed by atoms with Gasteiger partial charge in [0.25, 0.3) is 0 Å². The first-order valence-electron chi connectivity index (χ1n) is 10.6. The van der Waals surface area contributed by atoms with E-state index < -0.39 is 10.0 Å². The average molecular weight is 412 g/mol. The third kappa shape index (κ3) is 3.27. The second-order valence-corrected chi connectivity index (χ2v) is 10.7. The van der Waals surface area contributed by atoms with Crippen LogP contribution in [0.4, 0.5) is 5.69 Å². The zero-order valence-corrected chi connectivity index (χ0v) is 18.0. The molecule has 154 valence electrons. The molecule has 2 aliphatic heterocycles. The Kier molecular flexibility index (Phi) is 4.68. The van der Waals surface area contributed by atoms with Crippen molar-refractivity contribution in [3.63, 3.8) is 0 Å². The predicted molar refractivity (Wildman–Crippen MR) is 116 cm³/mol. The molecule has 2 saturated heterocycles. The molecule has 29 heavy (non-hydrogen) atoms. The van der Waals surface area contributed by atoms with Gasteiger partial charge in [-0.25, -0.2) is 8.42 Å². The maximum atomic E-state index is 13.0. The van der Waals surface area contributed by atoms with Crippen LogP contribution in [0.1, 0.15) is 41.5 Å². The summed E-state index contributed by atoms with van der Waals surface area (Å²) in [5.74, 6) is 0.719. The Labute approximate surface area is 174 Å². The Hall–Kier alpha value is -1.89. The van der Waals surface area contributed by atoms with Gasteiger partial charge in [-0.2, -0.15) is 4.31 Å². The van der Waals surface area contributed by atoms with Crippen molar-refractivity contribution in [2.24, 2.45) is 0 Å². The molecule has 2 heterocycles. The summed E-state index contributed by atoms with van der Waals surface area (Å²) >= 11 is 0. The molecule has 0 spiro atoms. The van der Waals surface area contributed by atoms with Crippen LogP contribution in [-0.4, -0.2) is 57.4 Å². The van der Waals surface area contributed by atoms with Crippen molar-refractivity contribution in [2.45, 2.75) is 36.6 Å². The zero-order valence-electron chi connectivity index (χ0n) is 17.2. The number of hydrogen-bond donors (Lipinski definition) is 0. The van der Waals surface area contributed by atoms with Gasteiger partial charge in [0.05, 0.1) is 4.90 Å². The quantitative estimate of drug-likeness (QED) is 0.777. The Morgan fingerprint density at radius 3 is 2.34 bits per heavy atom. The van der Waals surface area contributed by atoms with Crippen LogP contribution in [0.2, 0.25) is 0 Å². The summed E-state index contributed by atoms with van der Waals surface area (Å²) in [7, 11) is -1.18. The van der Waals surface area contributed by atoms with Gasteiger partial charge in [-0.15, -0.1) is 0 Å². The minimum atomic E-state index is -3.41. The zero-order chi connectivity index (χ0) is 20.2. The molecule has 2 fully saturated rings. The summed E-state index contributed by atoms with van der Waals surface area (Å²) in [6.07, 6.45) is 2.51. The van der Waals surface area contributed by atoms with Crippen LogP contribution in [0, 0.1) is 6.92 Å². The highest BCUT2D eigenvalue weighted by atomic mass is 32.2. The van der Waals surface area contributed by atoms with Crippen LogP contribution in [0.3, 0.4) is 0 Å². The van der Waals surface area contributed by atoms with E-state index in [1.165, 1.54) is 36.2 Å². The molecule has 0 saturated carbocycles. The Balaban J connectivity index is 1.32. The fraction of sp³-hybridized carbons (Fsp3) is 0.478. The molecule has 5 rings (SSSR count). The summed E-state index contributed by atoms with van der Waals surface area (Å²) in [4.78, 5) is 5.21. The first-order valence-corrected chi connectivity index (χ1v) is 12.0. The SMILES string of the molecule is Cc1ccc(S(=O)(=O)N2CCN(c3ccc4c(c3)[C@H]3CC4CCN3C)CC2)cc1. The highest BCUT2D eigenvalue weighted by Crippen LogP contribution is 2.49. The molecule has 0 amide bonds.